The Morgan fingerprint density at radius 1 is 0.625 bits per heavy atom. The van der Waals surface area contributed by atoms with Gasteiger partial charge < -0.3 is 21.7 Å². The molecule has 0 heterocycles. The van der Waals surface area contributed by atoms with Crippen molar-refractivity contribution in [1.29, 1.82) is 0 Å². The van der Waals surface area contributed by atoms with Crippen molar-refractivity contribution in [3.63, 3.8) is 0 Å². The van der Waals surface area contributed by atoms with Crippen LogP contribution >= 0.6 is 0 Å². The predicted molar refractivity (Wildman–Crippen MR) is 187 cm³/mol. The van der Waals surface area contributed by atoms with Crippen LogP contribution in [0.1, 0.15) is 76.2 Å². The highest BCUT2D eigenvalue weighted by Gasteiger charge is 2.46. The Morgan fingerprint density at radius 2 is 1.06 bits per heavy atom. The zero-order valence-corrected chi connectivity index (χ0v) is 27.4. The van der Waals surface area contributed by atoms with E-state index >= 15 is 0 Å². The Kier molecular flexibility index (Phi) is 8.82. The summed E-state index contributed by atoms with van der Waals surface area (Å²) in [5.74, 6) is -2.40. The molecule has 2 unspecified atom stereocenters. The third-order valence-corrected chi connectivity index (χ3v) is 9.61. The van der Waals surface area contributed by atoms with Crippen molar-refractivity contribution in [3.05, 3.63) is 158 Å². The van der Waals surface area contributed by atoms with Gasteiger partial charge in [0.1, 0.15) is 0 Å². The molecule has 0 saturated carbocycles. The Bertz CT molecular complexity index is 1950. The number of nitrogens with two attached hydrogens (primary N) is 1. The van der Waals surface area contributed by atoms with Crippen molar-refractivity contribution in [2.75, 3.05) is 5.32 Å². The summed E-state index contributed by atoms with van der Waals surface area (Å²) in [6.07, 6.45) is 1.85. The maximum Gasteiger partial charge on any atom is 0.251 e. The number of ketones is 2. The number of fused-ring (bicyclic) bond motifs is 2. The van der Waals surface area contributed by atoms with Gasteiger partial charge in [-0.3, -0.25) is 19.2 Å². The molecule has 242 valence electrons. The molecular weight excluding hydrogens is 600 g/mol. The van der Waals surface area contributed by atoms with Gasteiger partial charge in [0, 0.05) is 52.4 Å². The molecule has 2 atom stereocenters. The zero-order chi connectivity index (χ0) is 34.1. The third kappa shape index (κ3) is 5.81. The van der Waals surface area contributed by atoms with E-state index in [1.165, 1.54) is 0 Å². The summed E-state index contributed by atoms with van der Waals surface area (Å²) in [4.78, 5) is 54.0. The molecule has 0 fully saturated rings. The minimum absolute atomic E-state index is 0.169. The Balaban J connectivity index is 1.40. The molecule has 5 N–H and O–H groups in total. The highest BCUT2D eigenvalue weighted by atomic mass is 16.2. The second-order valence-electron chi connectivity index (χ2n) is 12.4. The van der Waals surface area contributed by atoms with E-state index in [2.05, 4.69) is 16.0 Å². The van der Waals surface area contributed by atoms with Gasteiger partial charge in [-0.15, -0.1) is 0 Å². The van der Waals surface area contributed by atoms with Crippen LogP contribution in [0.2, 0.25) is 0 Å². The average Bonchev–Trinajstić information content (AvgIpc) is 3.10. The summed E-state index contributed by atoms with van der Waals surface area (Å²) in [6, 6.07) is 24.9. The summed E-state index contributed by atoms with van der Waals surface area (Å²) in [6.45, 7) is 8.25. The smallest absolute Gasteiger partial charge is 0.251 e. The van der Waals surface area contributed by atoms with Crippen LogP contribution < -0.4 is 21.7 Å². The van der Waals surface area contributed by atoms with E-state index in [4.69, 9.17) is 5.73 Å². The first-order chi connectivity index (χ1) is 23.1. The molecule has 0 saturated heterocycles. The van der Waals surface area contributed by atoms with Crippen LogP contribution in [-0.2, 0) is 13.1 Å². The molecule has 2 amide bonds. The molecule has 48 heavy (non-hydrogen) atoms. The summed E-state index contributed by atoms with van der Waals surface area (Å²) in [5, 5.41) is 9.68. The number of rotatable bonds is 8. The fraction of sp³-hybridized carbons (Fsp3) is 0.200. The number of anilines is 1. The van der Waals surface area contributed by atoms with Crippen LogP contribution in [-0.4, -0.2) is 23.4 Å². The Hall–Kier alpha value is -5.76. The van der Waals surface area contributed by atoms with Gasteiger partial charge >= 0.3 is 0 Å². The van der Waals surface area contributed by atoms with Gasteiger partial charge in [0.05, 0.1) is 11.8 Å². The first kappa shape index (κ1) is 32.2. The van der Waals surface area contributed by atoms with Crippen molar-refractivity contribution in [2.45, 2.75) is 40.8 Å². The van der Waals surface area contributed by atoms with E-state index in [9.17, 15) is 19.2 Å². The second kappa shape index (κ2) is 13.2. The molecule has 2 aliphatic rings. The van der Waals surface area contributed by atoms with Gasteiger partial charge in [0.25, 0.3) is 11.8 Å². The van der Waals surface area contributed by atoms with Crippen molar-refractivity contribution in [2.24, 2.45) is 17.6 Å². The lowest BCUT2D eigenvalue weighted by molar-refractivity contribution is 0.0784. The molecule has 0 aliphatic heterocycles. The van der Waals surface area contributed by atoms with Crippen LogP contribution in [0.4, 0.5) is 5.69 Å². The molecule has 0 aromatic heterocycles. The Morgan fingerprint density at radius 3 is 1.54 bits per heavy atom. The van der Waals surface area contributed by atoms with Gasteiger partial charge in [0.15, 0.2) is 11.6 Å². The molecule has 2 aliphatic carbocycles. The second-order valence-corrected chi connectivity index (χ2v) is 12.4. The van der Waals surface area contributed by atoms with E-state index in [0.29, 0.717) is 39.2 Å². The van der Waals surface area contributed by atoms with Gasteiger partial charge in [-0.25, -0.2) is 0 Å². The monoisotopic (exact) mass is 638 g/mol. The maximum atomic E-state index is 14.0. The lowest BCUT2D eigenvalue weighted by Crippen LogP contribution is -2.44. The quantitative estimate of drug-likeness (QED) is 0.179. The molecule has 0 spiro atoms. The highest BCUT2D eigenvalue weighted by Crippen LogP contribution is 2.43. The summed E-state index contributed by atoms with van der Waals surface area (Å²) < 4.78 is 0. The van der Waals surface area contributed by atoms with Crippen molar-refractivity contribution < 1.29 is 19.2 Å². The number of nitrogens with one attached hydrogen (secondary N) is 3. The third-order valence-electron chi connectivity index (χ3n) is 9.61. The topological polar surface area (TPSA) is 130 Å². The van der Waals surface area contributed by atoms with Gasteiger partial charge in [-0.1, -0.05) is 60.7 Å². The summed E-state index contributed by atoms with van der Waals surface area (Å²) in [7, 11) is 0. The van der Waals surface area contributed by atoms with Crippen LogP contribution in [0.25, 0.3) is 0 Å². The van der Waals surface area contributed by atoms with Crippen molar-refractivity contribution in [1.82, 2.24) is 10.6 Å². The molecule has 4 aromatic rings. The highest BCUT2D eigenvalue weighted by molar-refractivity contribution is 6.18. The zero-order valence-electron chi connectivity index (χ0n) is 27.4. The normalized spacial score (nSPS) is 16.9. The molecule has 6 rings (SSSR count). The van der Waals surface area contributed by atoms with Crippen LogP contribution in [0.3, 0.4) is 0 Å². The largest absolute Gasteiger partial charge is 0.401 e. The van der Waals surface area contributed by atoms with E-state index in [1.54, 1.807) is 48.5 Å². The number of Topliss-reactive ketones (excluding diaryl/α,β-unsaturated/α-hetero) is 2. The number of allylic oxidation sites excluding steroid dienone is 4. The first-order valence-electron chi connectivity index (χ1n) is 16.0. The van der Waals surface area contributed by atoms with Crippen molar-refractivity contribution >= 4 is 29.1 Å². The lowest BCUT2D eigenvalue weighted by atomic mass is 9.68. The number of carbonyl (C=O) groups is 4. The molecule has 0 bridgehead atoms. The molecule has 0 radical (unpaired) electrons. The van der Waals surface area contributed by atoms with Gasteiger partial charge in [-0.05, 0) is 91.4 Å². The number of hydrogen-bond acceptors (Lipinski definition) is 6. The average molecular weight is 639 g/mol. The van der Waals surface area contributed by atoms with Crippen LogP contribution in [0.15, 0.2) is 108 Å². The minimum Gasteiger partial charge on any atom is -0.401 e. The number of benzene rings is 4. The SMILES string of the molecule is CC1=C(N)C2C(=O)c3ccccc3C(=O)C2C(Nc2c(C)c(CNC(=O)c3ccccc3)c(C)c(CNC(=O)c3ccccc3)c2C)=C1. The van der Waals surface area contributed by atoms with E-state index < -0.39 is 11.8 Å². The maximum absolute atomic E-state index is 14.0. The summed E-state index contributed by atoms with van der Waals surface area (Å²) in [5.41, 5.74) is 15.3. The van der Waals surface area contributed by atoms with E-state index in [0.717, 1.165) is 33.5 Å². The predicted octanol–water partition coefficient (Wildman–Crippen LogP) is 6.33. The number of carbonyl (C=O) groups excluding carboxylic acids is 4. The first-order valence-corrected chi connectivity index (χ1v) is 16.0. The molecule has 8 heteroatoms. The molecular formula is C40H38N4O4. The van der Waals surface area contributed by atoms with Crippen LogP contribution in [0, 0.1) is 32.6 Å². The Labute approximate surface area is 280 Å². The fourth-order valence-electron chi connectivity index (χ4n) is 6.87. The van der Waals surface area contributed by atoms with E-state index in [-0.39, 0.29) is 36.5 Å². The van der Waals surface area contributed by atoms with Gasteiger partial charge in [0.2, 0.25) is 0 Å². The molecule has 4 aromatic carbocycles. The van der Waals surface area contributed by atoms with Crippen LogP contribution in [0.5, 0.6) is 0 Å². The lowest BCUT2D eigenvalue weighted by Gasteiger charge is -2.37. The minimum atomic E-state index is -0.821. The standard InChI is InChI=1S/C40H38N4O4/c1-22-19-32(33-34(35(22)41)38(46)29-18-12-11-17-28(29)37(33)45)44-36-24(3)30(20-42-39(47)26-13-7-5-8-14-26)23(2)31(25(36)4)21-43-40(48)27-15-9-6-10-16-27/h5-19,33-34,44H,20-21,41H2,1-4H3,(H,42,47)(H,43,48). The fourth-order valence-corrected chi connectivity index (χ4v) is 6.87. The van der Waals surface area contributed by atoms with E-state index in [1.807, 2.05) is 70.2 Å². The number of amides is 2. The number of hydrogen-bond donors (Lipinski definition) is 4. The summed E-state index contributed by atoms with van der Waals surface area (Å²) >= 11 is 0. The molecule has 8 nitrogen and oxygen atoms in total. The van der Waals surface area contributed by atoms with Crippen molar-refractivity contribution in [3.8, 4) is 0 Å². The van der Waals surface area contributed by atoms with Gasteiger partial charge in [-0.2, -0.15) is 0 Å².